The molecule has 2 N–H and O–H groups in total. The molecule has 0 saturated heterocycles. The number of benzene rings is 1. The van der Waals surface area contributed by atoms with Gasteiger partial charge in [0.1, 0.15) is 0 Å². The first-order valence-electron chi connectivity index (χ1n) is 5.24. The van der Waals surface area contributed by atoms with E-state index in [1.807, 2.05) is 13.8 Å². The molecule has 0 radical (unpaired) electrons. The molecule has 1 nitrogen and oxygen atoms in total. The van der Waals surface area contributed by atoms with E-state index in [4.69, 9.17) is 17.3 Å². The molecule has 0 unspecified atom stereocenters. The number of hydrogen-bond donors (Lipinski definition) is 1. The highest BCUT2D eigenvalue weighted by molar-refractivity contribution is 6.31. The minimum atomic E-state index is -4.34. The first-order valence-corrected chi connectivity index (χ1v) is 5.62. The van der Waals surface area contributed by atoms with E-state index in [2.05, 4.69) is 0 Å². The van der Waals surface area contributed by atoms with Crippen molar-refractivity contribution in [2.45, 2.75) is 38.4 Å². The van der Waals surface area contributed by atoms with Gasteiger partial charge in [0.15, 0.2) is 0 Å². The van der Waals surface area contributed by atoms with E-state index in [1.165, 1.54) is 6.07 Å². The third-order valence-electron chi connectivity index (χ3n) is 2.41. The zero-order valence-electron chi connectivity index (χ0n) is 9.74. The van der Waals surface area contributed by atoms with E-state index in [1.54, 1.807) is 0 Å². The fourth-order valence-electron chi connectivity index (χ4n) is 1.40. The van der Waals surface area contributed by atoms with Gasteiger partial charge in [0, 0.05) is 10.6 Å². The quantitative estimate of drug-likeness (QED) is 0.877. The Hall–Kier alpha value is -0.740. The maximum atomic E-state index is 12.5. The maximum absolute atomic E-state index is 12.5. The third-order valence-corrected chi connectivity index (χ3v) is 2.78. The maximum Gasteiger partial charge on any atom is 0.416 e. The third kappa shape index (κ3) is 4.56. The average molecular weight is 266 g/mol. The minimum absolute atomic E-state index is 0.349. The molecule has 0 aromatic heterocycles. The SMILES string of the molecule is CC(C)(N)CCc1cc(C(F)(F)F)ccc1Cl. The van der Waals surface area contributed by atoms with Crippen molar-refractivity contribution in [1.29, 1.82) is 0 Å². The van der Waals surface area contributed by atoms with Gasteiger partial charge >= 0.3 is 6.18 Å². The molecule has 0 spiro atoms. The number of nitrogens with two attached hydrogens (primary N) is 1. The van der Waals surface area contributed by atoms with Crippen molar-refractivity contribution in [2.75, 3.05) is 0 Å². The molecule has 17 heavy (non-hydrogen) atoms. The lowest BCUT2D eigenvalue weighted by Gasteiger charge is -2.19. The largest absolute Gasteiger partial charge is 0.416 e. The Balaban J connectivity index is 2.92. The number of aryl methyl sites for hydroxylation is 1. The highest BCUT2D eigenvalue weighted by Crippen LogP contribution is 2.32. The second-order valence-electron chi connectivity index (χ2n) is 4.79. The second-order valence-corrected chi connectivity index (χ2v) is 5.20. The van der Waals surface area contributed by atoms with Gasteiger partial charge in [0.05, 0.1) is 5.56 Å². The Morgan fingerprint density at radius 1 is 1.24 bits per heavy atom. The van der Waals surface area contributed by atoms with Crippen LogP contribution in [0.1, 0.15) is 31.4 Å². The predicted molar refractivity (Wildman–Crippen MR) is 63.0 cm³/mol. The number of alkyl halides is 3. The summed E-state index contributed by atoms with van der Waals surface area (Å²) in [6, 6.07) is 3.36. The topological polar surface area (TPSA) is 26.0 Å². The minimum Gasteiger partial charge on any atom is -0.326 e. The molecule has 0 fully saturated rings. The fourth-order valence-corrected chi connectivity index (χ4v) is 1.61. The summed E-state index contributed by atoms with van der Waals surface area (Å²) in [6.07, 6.45) is -3.32. The Labute approximate surface area is 104 Å². The molecule has 1 aromatic carbocycles. The standard InChI is InChI=1S/C12H15ClF3N/c1-11(2,17)6-5-8-7-9(12(14,15)16)3-4-10(8)13/h3-4,7H,5-6,17H2,1-2H3. The van der Waals surface area contributed by atoms with Crippen LogP contribution in [0.15, 0.2) is 18.2 Å². The van der Waals surface area contributed by atoms with Crippen LogP contribution < -0.4 is 5.73 Å². The summed E-state index contributed by atoms with van der Waals surface area (Å²) >= 11 is 5.87. The van der Waals surface area contributed by atoms with Crippen LogP contribution in [-0.4, -0.2) is 5.54 Å². The molecule has 0 aliphatic carbocycles. The van der Waals surface area contributed by atoms with Crippen molar-refractivity contribution < 1.29 is 13.2 Å². The molecule has 0 aliphatic heterocycles. The van der Waals surface area contributed by atoms with E-state index in [9.17, 15) is 13.2 Å². The molecule has 0 bridgehead atoms. The second kappa shape index (κ2) is 4.86. The molecule has 1 rings (SSSR count). The van der Waals surface area contributed by atoms with Crippen molar-refractivity contribution in [3.8, 4) is 0 Å². The molecule has 1 aromatic rings. The predicted octanol–water partition coefficient (Wildman–Crippen LogP) is 4.03. The first-order chi connectivity index (χ1) is 7.59. The fraction of sp³-hybridized carbons (Fsp3) is 0.500. The van der Waals surface area contributed by atoms with Crippen molar-refractivity contribution in [3.63, 3.8) is 0 Å². The van der Waals surface area contributed by atoms with Gasteiger partial charge in [0.2, 0.25) is 0 Å². The van der Waals surface area contributed by atoms with E-state index in [0.717, 1.165) is 12.1 Å². The monoisotopic (exact) mass is 265 g/mol. The van der Waals surface area contributed by atoms with Crippen LogP contribution in [0.5, 0.6) is 0 Å². The van der Waals surface area contributed by atoms with E-state index in [0.29, 0.717) is 23.4 Å². The van der Waals surface area contributed by atoms with Crippen LogP contribution in [0.3, 0.4) is 0 Å². The summed E-state index contributed by atoms with van der Waals surface area (Å²) < 4.78 is 37.5. The smallest absolute Gasteiger partial charge is 0.326 e. The molecule has 96 valence electrons. The van der Waals surface area contributed by atoms with Crippen LogP contribution in [0.4, 0.5) is 13.2 Å². The van der Waals surface area contributed by atoms with Gasteiger partial charge < -0.3 is 5.73 Å². The lowest BCUT2D eigenvalue weighted by Crippen LogP contribution is -2.32. The van der Waals surface area contributed by atoms with Crippen LogP contribution in [0.25, 0.3) is 0 Å². The van der Waals surface area contributed by atoms with E-state index < -0.39 is 17.3 Å². The summed E-state index contributed by atoms with van der Waals surface area (Å²) in [5.74, 6) is 0. The zero-order chi connectivity index (χ0) is 13.3. The Bertz CT molecular complexity index is 394. The lowest BCUT2D eigenvalue weighted by atomic mass is 9.96. The molecule has 0 heterocycles. The molecule has 5 heteroatoms. The molecule has 0 amide bonds. The van der Waals surface area contributed by atoms with E-state index in [-0.39, 0.29) is 0 Å². The van der Waals surface area contributed by atoms with Gasteiger partial charge in [-0.05, 0) is 50.5 Å². The molecule has 0 atom stereocenters. The highest BCUT2D eigenvalue weighted by atomic mass is 35.5. The van der Waals surface area contributed by atoms with Crippen molar-refractivity contribution in [1.82, 2.24) is 0 Å². The van der Waals surface area contributed by atoms with Gasteiger partial charge in [-0.3, -0.25) is 0 Å². The summed E-state index contributed by atoms with van der Waals surface area (Å²) in [5.41, 5.74) is 5.18. The van der Waals surface area contributed by atoms with Crippen molar-refractivity contribution in [2.24, 2.45) is 5.73 Å². The van der Waals surface area contributed by atoms with E-state index >= 15 is 0 Å². The summed E-state index contributed by atoms with van der Waals surface area (Å²) in [4.78, 5) is 0. The number of hydrogen-bond acceptors (Lipinski definition) is 1. The lowest BCUT2D eigenvalue weighted by molar-refractivity contribution is -0.137. The van der Waals surface area contributed by atoms with Gasteiger partial charge in [0.25, 0.3) is 0 Å². The summed E-state index contributed by atoms with van der Waals surface area (Å²) in [7, 11) is 0. The molecule has 0 saturated carbocycles. The zero-order valence-corrected chi connectivity index (χ0v) is 10.5. The average Bonchev–Trinajstić information content (AvgIpc) is 2.13. The Morgan fingerprint density at radius 3 is 2.29 bits per heavy atom. The van der Waals surface area contributed by atoms with Gasteiger partial charge in [-0.2, -0.15) is 13.2 Å². The summed E-state index contributed by atoms with van der Waals surface area (Å²) in [5, 5.41) is 0.349. The molecular formula is C12H15ClF3N. The molecular weight excluding hydrogens is 251 g/mol. The van der Waals surface area contributed by atoms with Crippen molar-refractivity contribution >= 4 is 11.6 Å². The van der Waals surface area contributed by atoms with Crippen molar-refractivity contribution in [3.05, 3.63) is 34.3 Å². The number of halogens is 4. The van der Waals surface area contributed by atoms with Crippen LogP contribution in [0.2, 0.25) is 5.02 Å². The Morgan fingerprint density at radius 2 is 1.82 bits per heavy atom. The van der Waals surface area contributed by atoms with Gasteiger partial charge in [-0.25, -0.2) is 0 Å². The first kappa shape index (κ1) is 14.3. The highest BCUT2D eigenvalue weighted by Gasteiger charge is 2.30. The van der Waals surface area contributed by atoms with Gasteiger partial charge in [-0.15, -0.1) is 0 Å². The van der Waals surface area contributed by atoms with Crippen LogP contribution in [-0.2, 0) is 12.6 Å². The number of rotatable bonds is 3. The molecule has 0 aliphatic rings. The van der Waals surface area contributed by atoms with Crippen LogP contribution in [0, 0.1) is 0 Å². The van der Waals surface area contributed by atoms with Crippen LogP contribution >= 0.6 is 11.6 Å². The normalized spacial score (nSPS) is 12.9. The van der Waals surface area contributed by atoms with Gasteiger partial charge in [-0.1, -0.05) is 11.6 Å². The Kier molecular flexibility index (Phi) is 4.10. The summed E-state index contributed by atoms with van der Waals surface area (Å²) in [6.45, 7) is 3.66.